The molecule has 4 nitrogen and oxygen atoms in total. The molecule has 0 bridgehead atoms. The zero-order valence-corrected chi connectivity index (χ0v) is 10.7. The molecule has 0 unspecified atom stereocenters. The van der Waals surface area contributed by atoms with Crippen molar-refractivity contribution in [2.24, 2.45) is 0 Å². The highest BCUT2D eigenvalue weighted by Gasteiger charge is 2.13. The number of nitrogens with zero attached hydrogens (tertiary/aromatic N) is 1. The highest BCUT2D eigenvalue weighted by molar-refractivity contribution is 6.30. The van der Waals surface area contributed by atoms with Crippen LogP contribution in [0.3, 0.4) is 0 Å². The van der Waals surface area contributed by atoms with Crippen molar-refractivity contribution >= 4 is 23.2 Å². The molecule has 0 spiro atoms. The maximum Gasteiger partial charge on any atom is 0.270 e. The van der Waals surface area contributed by atoms with Crippen molar-refractivity contribution in [2.75, 3.05) is 12.8 Å². The van der Waals surface area contributed by atoms with Crippen molar-refractivity contribution < 1.29 is 4.79 Å². The topological polar surface area (TPSA) is 62.1 Å². The van der Waals surface area contributed by atoms with Crippen LogP contribution < -0.4 is 5.73 Å². The number of hydrogen-bond donors (Lipinski definition) is 2. The van der Waals surface area contributed by atoms with E-state index in [4.69, 9.17) is 17.3 Å². The van der Waals surface area contributed by atoms with E-state index in [1.807, 2.05) is 18.2 Å². The number of nitrogens with two attached hydrogens (primary N) is 1. The van der Waals surface area contributed by atoms with Crippen molar-refractivity contribution in [3.8, 4) is 0 Å². The van der Waals surface area contributed by atoms with Crippen LogP contribution >= 0.6 is 11.6 Å². The summed E-state index contributed by atoms with van der Waals surface area (Å²) in [5, 5.41) is 0.664. The third kappa shape index (κ3) is 2.84. The van der Waals surface area contributed by atoms with Crippen LogP contribution in [0.4, 0.5) is 5.69 Å². The lowest BCUT2D eigenvalue weighted by molar-refractivity contribution is 0.0780. The maximum atomic E-state index is 12.1. The number of aromatic amines is 1. The van der Waals surface area contributed by atoms with Gasteiger partial charge in [0, 0.05) is 30.5 Å². The normalized spacial score (nSPS) is 10.3. The molecule has 0 atom stereocenters. The lowest BCUT2D eigenvalue weighted by Gasteiger charge is -2.16. The van der Waals surface area contributed by atoms with E-state index < -0.39 is 0 Å². The molecular weight excluding hydrogens is 250 g/mol. The van der Waals surface area contributed by atoms with Crippen molar-refractivity contribution in [1.82, 2.24) is 9.88 Å². The number of carbonyl (C=O) groups excluding carboxylic acids is 1. The Balaban J connectivity index is 2.08. The fraction of sp³-hybridized carbons (Fsp3) is 0.154. The van der Waals surface area contributed by atoms with Crippen LogP contribution in [0.5, 0.6) is 0 Å². The number of anilines is 1. The summed E-state index contributed by atoms with van der Waals surface area (Å²) >= 11 is 5.90. The van der Waals surface area contributed by atoms with E-state index in [1.54, 1.807) is 30.3 Å². The second-order valence-corrected chi connectivity index (χ2v) is 4.57. The number of nitrogens with one attached hydrogen (secondary N) is 1. The van der Waals surface area contributed by atoms with E-state index in [9.17, 15) is 4.79 Å². The first-order chi connectivity index (χ1) is 8.56. The molecule has 1 aromatic heterocycles. The Morgan fingerprint density at radius 3 is 2.83 bits per heavy atom. The second-order valence-electron chi connectivity index (χ2n) is 4.14. The minimum absolute atomic E-state index is 0.105. The minimum atomic E-state index is -0.105. The molecule has 0 saturated carbocycles. The molecule has 0 aliphatic heterocycles. The SMILES string of the molecule is CN(Cc1cccc(Cl)c1)C(=O)c1cc(N)c[nH]1. The van der Waals surface area contributed by atoms with Gasteiger partial charge in [-0.15, -0.1) is 0 Å². The Hall–Kier alpha value is -1.94. The van der Waals surface area contributed by atoms with Crippen molar-refractivity contribution in [2.45, 2.75) is 6.54 Å². The molecule has 0 fully saturated rings. The lowest BCUT2D eigenvalue weighted by atomic mass is 10.2. The molecule has 2 rings (SSSR count). The van der Waals surface area contributed by atoms with Gasteiger partial charge >= 0.3 is 0 Å². The average molecular weight is 264 g/mol. The van der Waals surface area contributed by atoms with E-state index in [1.165, 1.54) is 0 Å². The molecule has 5 heteroatoms. The number of hydrogen-bond acceptors (Lipinski definition) is 2. The van der Waals surface area contributed by atoms with E-state index in [-0.39, 0.29) is 5.91 Å². The van der Waals surface area contributed by atoms with Crippen LogP contribution in [-0.2, 0) is 6.54 Å². The van der Waals surface area contributed by atoms with Crippen LogP contribution in [0.1, 0.15) is 16.1 Å². The van der Waals surface area contributed by atoms with Gasteiger partial charge in [0.05, 0.1) is 0 Å². The largest absolute Gasteiger partial charge is 0.397 e. The van der Waals surface area contributed by atoms with Gasteiger partial charge in [-0.1, -0.05) is 23.7 Å². The average Bonchev–Trinajstić information content (AvgIpc) is 2.75. The summed E-state index contributed by atoms with van der Waals surface area (Å²) in [6.07, 6.45) is 1.60. The van der Waals surface area contributed by atoms with Gasteiger partial charge in [0.15, 0.2) is 0 Å². The summed E-state index contributed by atoms with van der Waals surface area (Å²) in [4.78, 5) is 16.5. The van der Waals surface area contributed by atoms with Crippen molar-refractivity contribution in [3.05, 3.63) is 52.8 Å². The van der Waals surface area contributed by atoms with Gasteiger partial charge in [0.25, 0.3) is 5.91 Å². The number of amides is 1. The molecule has 0 aliphatic carbocycles. The van der Waals surface area contributed by atoms with Crippen LogP contribution in [0, 0.1) is 0 Å². The molecule has 1 heterocycles. The van der Waals surface area contributed by atoms with Crippen LogP contribution in [0.2, 0.25) is 5.02 Å². The van der Waals surface area contributed by atoms with Crippen LogP contribution in [-0.4, -0.2) is 22.8 Å². The van der Waals surface area contributed by atoms with Gasteiger partial charge in [-0.25, -0.2) is 0 Å². The Morgan fingerprint density at radius 1 is 1.44 bits per heavy atom. The Morgan fingerprint density at radius 2 is 2.22 bits per heavy atom. The highest BCUT2D eigenvalue weighted by atomic mass is 35.5. The summed E-state index contributed by atoms with van der Waals surface area (Å²) in [7, 11) is 1.74. The van der Waals surface area contributed by atoms with Gasteiger partial charge in [-0.2, -0.15) is 0 Å². The smallest absolute Gasteiger partial charge is 0.270 e. The molecule has 18 heavy (non-hydrogen) atoms. The predicted octanol–water partition coefficient (Wildman–Crippen LogP) is 2.52. The van der Waals surface area contributed by atoms with E-state index >= 15 is 0 Å². The Labute approximate surface area is 110 Å². The highest BCUT2D eigenvalue weighted by Crippen LogP contribution is 2.14. The molecular formula is C13H14ClN3O. The van der Waals surface area contributed by atoms with E-state index in [2.05, 4.69) is 4.98 Å². The number of halogens is 1. The summed E-state index contributed by atoms with van der Waals surface area (Å²) in [6, 6.07) is 9.06. The third-order valence-electron chi connectivity index (χ3n) is 2.59. The summed E-state index contributed by atoms with van der Waals surface area (Å²) < 4.78 is 0. The third-order valence-corrected chi connectivity index (χ3v) is 2.83. The molecule has 94 valence electrons. The standard InChI is InChI=1S/C13H14ClN3O/c1-17(8-9-3-2-4-10(14)5-9)13(18)12-6-11(15)7-16-12/h2-7,16H,8,15H2,1H3. The molecule has 0 saturated heterocycles. The molecule has 0 radical (unpaired) electrons. The first-order valence-electron chi connectivity index (χ1n) is 5.50. The maximum absolute atomic E-state index is 12.1. The van der Waals surface area contributed by atoms with Crippen molar-refractivity contribution in [1.29, 1.82) is 0 Å². The predicted molar refractivity (Wildman–Crippen MR) is 72.5 cm³/mol. The molecule has 1 aromatic carbocycles. The monoisotopic (exact) mass is 263 g/mol. The van der Waals surface area contributed by atoms with Crippen molar-refractivity contribution in [3.63, 3.8) is 0 Å². The Kier molecular flexibility index (Phi) is 3.58. The van der Waals surface area contributed by atoms with Gasteiger partial charge in [-0.05, 0) is 23.8 Å². The fourth-order valence-electron chi connectivity index (χ4n) is 1.72. The molecule has 2 aromatic rings. The summed E-state index contributed by atoms with van der Waals surface area (Å²) in [5.41, 5.74) is 7.59. The number of H-pyrrole nitrogens is 1. The van der Waals surface area contributed by atoms with Crippen LogP contribution in [0.25, 0.3) is 0 Å². The second kappa shape index (κ2) is 5.14. The molecule has 0 aliphatic rings. The summed E-state index contributed by atoms with van der Waals surface area (Å²) in [5.74, 6) is -0.105. The quantitative estimate of drug-likeness (QED) is 0.894. The number of nitrogen functional groups attached to an aromatic ring is 1. The Bertz CT molecular complexity index is 565. The summed E-state index contributed by atoms with van der Waals surface area (Å²) in [6.45, 7) is 0.498. The van der Waals surface area contributed by atoms with Gasteiger partial charge in [-0.3, -0.25) is 4.79 Å². The first-order valence-corrected chi connectivity index (χ1v) is 5.88. The number of aromatic nitrogens is 1. The lowest BCUT2D eigenvalue weighted by Crippen LogP contribution is -2.26. The van der Waals surface area contributed by atoms with Gasteiger partial charge in [0.2, 0.25) is 0 Å². The number of rotatable bonds is 3. The zero-order chi connectivity index (χ0) is 13.1. The zero-order valence-electron chi connectivity index (χ0n) is 9.98. The number of benzene rings is 1. The fourth-order valence-corrected chi connectivity index (χ4v) is 1.93. The van der Waals surface area contributed by atoms with Gasteiger partial charge < -0.3 is 15.6 Å². The van der Waals surface area contributed by atoms with E-state index in [0.717, 1.165) is 5.56 Å². The van der Waals surface area contributed by atoms with E-state index in [0.29, 0.717) is 22.9 Å². The van der Waals surface area contributed by atoms with Crippen LogP contribution in [0.15, 0.2) is 36.5 Å². The minimum Gasteiger partial charge on any atom is -0.397 e. The first kappa shape index (κ1) is 12.5. The molecule has 1 amide bonds. The van der Waals surface area contributed by atoms with Gasteiger partial charge in [0.1, 0.15) is 5.69 Å². The number of carbonyl (C=O) groups is 1. The molecule has 3 N–H and O–H groups in total.